The number of hydrogen-bond acceptors (Lipinski definition) is 5. The van der Waals surface area contributed by atoms with Crippen molar-refractivity contribution >= 4 is 11.6 Å². The van der Waals surface area contributed by atoms with E-state index >= 15 is 0 Å². The predicted octanol–water partition coefficient (Wildman–Crippen LogP) is 3.55. The standard InChI is InChI=1S/C23H21F2N3O4/c1-14-10-18(22(29)26-17-8-6-15(7-9-17)16-11-31-12-16)23(30)28(27-14)19-4-2-3-5-20(19)32-13-21(24)25/h2-10,16,21H,11-13H2,1H3,(H,26,29). The summed E-state index contributed by atoms with van der Waals surface area (Å²) in [7, 11) is 0. The zero-order valence-corrected chi connectivity index (χ0v) is 17.3. The molecule has 1 N–H and O–H groups in total. The Hall–Kier alpha value is -3.59. The van der Waals surface area contributed by atoms with Crippen molar-refractivity contribution < 1.29 is 23.0 Å². The molecule has 1 fully saturated rings. The highest BCUT2D eigenvalue weighted by Crippen LogP contribution is 2.25. The first kappa shape index (κ1) is 21.6. The number of anilines is 1. The number of ether oxygens (including phenoxy) is 2. The van der Waals surface area contributed by atoms with Gasteiger partial charge in [0.2, 0.25) is 0 Å². The number of amides is 1. The first-order chi connectivity index (χ1) is 15.4. The zero-order chi connectivity index (χ0) is 22.7. The van der Waals surface area contributed by atoms with Crippen molar-refractivity contribution in [1.29, 1.82) is 0 Å². The van der Waals surface area contributed by atoms with E-state index in [-0.39, 0.29) is 17.0 Å². The molecule has 9 heteroatoms. The highest BCUT2D eigenvalue weighted by atomic mass is 19.3. The molecule has 3 aromatic rings. The van der Waals surface area contributed by atoms with Crippen LogP contribution in [0.3, 0.4) is 0 Å². The molecule has 0 saturated carbocycles. The molecule has 7 nitrogen and oxygen atoms in total. The number of carbonyl (C=O) groups is 1. The number of aromatic nitrogens is 2. The van der Waals surface area contributed by atoms with Gasteiger partial charge in [0, 0.05) is 11.6 Å². The van der Waals surface area contributed by atoms with Gasteiger partial charge < -0.3 is 14.8 Å². The first-order valence-corrected chi connectivity index (χ1v) is 10.0. The molecule has 4 rings (SSSR count). The summed E-state index contributed by atoms with van der Waals surface area (Å²) < 4.78 is 36.5. The molecule has 1 aliphatic rings. The summed E-state index contributed by atoms with van der Waals surface area (Å²) in [4.78, 5) is 25.9. The summed E-state index contributed by atoms with van der Waals surface area (Å²) in [6, 6.07) is 14.9. The van der Waals surface area contributed by atoms with Crippen LogP contribution in [0.15, 0.2) is 59.4 Å². The maximum Gasteiger partial charge on any atom is 0.284 e. The van der Waals surface area contributed by atoms with Gasteiger partial charge in [0.05, 0.1) is 18.9 Å². The lowest BCUT2D eigenvalue weighted by atomic mass is 9.97. The van der Waals surface area contributed by atoms with Gasteiger partial charge in [-0.25, -0.2) is 8.78 Å². The third-order valence-electron chi connectivity index (χ3n) is 5.01. The number of hydrogen-bond donors (Lipinski definition) is 1. The van der Waals surface area contributed by atoms with Crippen molar-refractivity contribution in [1.82, 2.24) is 9.78 Å². The Morgan fingerprint density at radius 1 is 1.22 bits per heavy atom. The number of rotatable bonds is 7. The van der Waals surface area contributed by atoms with E-state index in [1.807, 2.05) is 12.1 Å². The largest absolute Gasteiger partial charge is 0.485 e. The van der Waals surface area contributed by atoms with E-state index in [1.165, 1.54) is 18.2 Å². The molecule has 0 bridgehead atoms. The third kappa shape index (κ3) is 4.67. The Kier molecular flexibility index (Phi) is 6.27. The predicted molar refractivity (Wildman–Crippen MR) is 114 cm³/mol. The van der Waals surface area contributed by atoms with E-state index in [1.54, 1.807) is 31.2 Å². The average molecular weight is 441 g/mol. The molecule has 0 unspecified atom stereocenters. The van der Waals surface area contributed by atoms with Gasteiger partial charge in [-0.15, -0.1) is 0 Å². The van der Waals surface area contributed by atoms with E-state index in [9.17, 15) is 18.4 Å². The highest BCUT2D eigenvalue weighted by molar-refractivity contribution is 6.04. The first-order valence-electron chi connectivity index (χ1n) is 10.0. The third-order valence-corrected chi connectivity index (χ3v) is 5.01. The number of nitrogens with one attached hydrogen (secondary N) is 1. The van der Waals surface area contributed by atoms with Crippen molar-refractivity contribution in [3.63, 3.8) is 0 Å². The van der Waals surface area contributed by atoms with Crippen LogP contribution in [0.25, 0.3) is 5.69 Å². The van der Waals surface area contributed by atoms with Crippen LogP contribution in [0.5, 0.6) is 5.75 Å². The molecule has 166 valence electrons. The van der Waals surface area contributed by atoms with Crippen LogP contribution < -0.4 is 15.6 Å². The molecule has 0 aliphatic carbocycles. The topological polar surface area (TPSA) is 82.5 Å². The Balaban J connectivity index is 1.61. The number of carbonyl (C=O) groups excluding carboxylic acids is 1. The summed E-state index contributed by atoms with van der Waals surface area (Å²) in [5, 5.41) is 6.89. The Morgan fingerprint density at radius 2 is 1.94 bits per heavy atom. The van der Waals surface area contributed by atoms with Crippen LogP contribution in [0, 0.1) is 6.92 Å². The second-order valence-corrected chi connectivity index (χ2v) is 7.40. The number of para-hydroxylation sites is 2. The molecule has 32 heavy (non-hydrogen) atoms. The number of benzene rings is 2. The lowest BCUT2D eigenvalue weighted by molar-refractivity contribution is 0.00842. The minimum Gasteiger partial charge on any atom is -0.485 e. The van der Waals surface area contributed by atoms with E-state index in [4.69, 9.17) is 9.47 Å². The monoisotopic (exact) mass is 441 g/mol. The van der Waals surface area contributed by atoms with Crippen molar-refractivity contribution in [2.24, 2.45) is 0 Å². The molecule has 1 amide bonds. The minimum atomic E-state index is -2.67. The van der Waals surface area contributed by atoms with E-state index in [0.29, 0.717) is 30.5 Å². The quantitative estimate of drug-likeness (QED) is 0.606. The van der Waals surface area contributed by atoms with E-state index in [2.05, 4.69) is 10.4 Å². The fourth-order valence-corrected chi connectivity index (χ4v) is 3.31. The van der Waals surface area contributed by atoms with Crippen LogP contribution in [-0.2, 0) is 4.74 Å². The van der Waals surface area contributed by atoms with Gasteiger partial charge >= 0.3 is 0 Å². The molecular weight excluding hydrogens is 420 g/mol. The van der Waals surface area contributed by atoms with Crippen molar-refractivity contribution in [2.75, 3.05) is 25.1 Å². The molecule has 2 heterocycles. The van der Waals surface area contributed by atoms with Crippen LogP contribution in [-0.4, -0.2) is 41.9 Å². The summed E-state index contributed by atoms with van der Waals surface area (Å²) in [5.74, 6) is -0.169. The van der Waals surface area contributed by atoms with Gasteiger partial charge in [0.1, 0.15) is 23.6 Å². The van der Waals surface area contributed by atoms with Crippen LogP contribution in [0.1, 0.15) is 27.5 Å². The maximum atomic E-state index is 13.1. The number of halogens is 2. The van der Waals surface area contributed by atoms with Crippen molar-refractivity contribution in [2.45, 2.75) is 19.3 Å². The highest BCUT2D eigenvalue weighted by Gasteiger charge is 2.21. The van der Waals surface area contributed by atoms with Crippen LogP contribution >= 0.6 is 0 Å². The SMILES string of the molecule is Cc1cc(C(=O)Nc2ccc(C3COC3)cc2)c(=O)n(-c2ccccc2OCC(F)F)n1. The Bertz CT molecular complexity index is 1170. The molecule has 0 radical (unpaired) electrons. The molecular formula is C23H21F2N3O4. The number of nitrogens with zero attached hydrogens (tertiary/aromatic N) is 2. The van der Waals surface area contributed by atoms with Gasteiger partial charge in [0.25, 0.3) is 17.9 Å². The number of aryl methyl sites for hydroxylation is 1. The minimum absolute atomic E-state index is 0.0647. The summed E-state index contributed by atoms with van der Waals surface area (Å²) in [6.45, 7) is 2.17. The molecule has 1 aromatic heterocycles. The summed E-state index contributed by atoms with van der Waals surface area (Å²) in [6.07, 6.45) is -2.67. The zero-order valence-electron chi connectivity index (χ0n) is 17.3. The lowest BCUT2D eigenvalue weighted by Gasteiger charge is -2.26. The lowest BCUT2D eigenvalue weighted by Crippen LogP contribution is -2.31. The molecule has 2 aromatic carbocycles. The van der Waals surface area contributed by atoms with Gasteiger partial charge in [-0.1, -0.05) is 24.3 Å². The average Bonchev–Trinajstić information content (AvgIpc) is 2.74. The molecule has 1 aliphatic heterocycles. The van der Waals surface area contributed by atoms with Gasteiger partial charge in [-0.05, 0) is 42.8 Å². The van der Waals surface area contributed by atoms with E-state index < -0.39 is 24.5 Å². The second kappa shape index (κ2) is 9.27. The van der Waals surface area contributed by atoms with Crippen LogP contribution in [0.4, 0.5) is 14.5 Å². The summed E-state index contributed by atoms with van der Waals surface area (Å²) >= 11 is 0. The fraction of sp³-hybridized carbons (Fsp3) is 0.261. The number of alkyl halides is 2. The van der Waals surface area contributed by atoms with Gasteiger partial charge in [0.15, 0.2) is 0 Å². The molecule has 1 saturated heterocycles. The molecule has 0 spiro atoms. The van der Waals surface area contributed by atoms with Crippen molar-refractivity contribution in [3.8, 4) is 11.4 Å². The van der Waals surface area contributed by atoms with Crippen molar-refractivity contribution in [3.05, 3.63) is 81.8 Å². The van der Waals surface area contributed by atoms with E-state index in [0.717, 1.165) is 10.2 Å². The maximum absolute atomic E-state index is 13.1. The second-order valence-electron chi connectivity index (χ2n) is 7.40. The Morgan fingerprint density at radius 3 is 2.59 bits per heavy atom. The smallest absolute Gasteiger partial charge is 0.284 e. The van der Waals surface area contributed by atoms with Crippen LogP contribution in [0.2, 0.25) is 0 Å². The van der Waals surface area contributed by atoms with Gasteiger partial charge in [-0.2, -0.15) is 9.78 Å². The normalized spacial score (nSPS) is 13.6. The molecule has 0 atom stereocenters. The van der Waals surface area contributed by atoms with Gasteiger partial charge in [-0.3, -0.25) is 9.59 Å². The fourth-order valence-electron chi connectivity index (χ4n) is 3.31. The Labute approximate surface area is 182 Å². The summed E-state index contributed by atoms with van der Waals surface area (Å²) in [5.41, 5.74) is 1.42.